The van der Waals surface area contributed by atoms with Crippen LogP contribution in [0.3, 0.4) is 0 Å². The molecule has 0 aliphatic carbocycles. The van der Waals surface area contributed by atoms with E-state index in [0.717, 1.165) is 19.3 Å². The van der Waals surface area contributed by atoms with Crippen molar-refractivity contribution < 1.29 is 19.4 Å². The molecule has 0 aliphatic rings. The summed E-state index contributed by atoms with van der Waals surface area (Å²) >= 11 is 0. The fourth-order valence-corrected chi connectivity index (χ4v) is 4.42. The summed E-state index contributed by atoms with van der Waals surface area (Å²) in [6, 6.07) is 0. The number of carboxylic acids is 1. The second-order valence-corrected chi connectivity index (χ2v) is 9.93. The number of carbonyl (C=O) groups excluding carboxylic acids is 1. The predicted molar refractivity (Wildman–Crippen MR) is 144 cm³/mol. The van der Waals surface area contributed by atoms with E-state index < -0.39 is 11.9 Å². The van der Waals surface area contributed by atoms with Crippen LogP contribution in [0.1, 0.15) is 155 Å². The Balaban J connectivity index is 3.38. The summed E-state index contributed by atoms with van der Waals surface area (Å²) < 4.78 is 5.15. The summed E-state index contributed by atoms with van der Waals surface area (Å²) in [6.45, 7) is 4.52. The average molecular weight is 481 g/mol. The number of hydrogen-bond acceptors (Lipinski definition) is 3. The van der Waals surface area contributed by atoms with Crippen molar-refractivity contribution in [1.82, 2.24) is 0 Å². The first-order chi connectivity index (χ1) is 16.6. The first kappa shape index (κ1) is 32.7. The number of hydrogen-bond donors (Lipinski definition) is 1. The van der Waals surface area contributed by atoms with Crippen LogP contribution in [0.15, 0.2) is 12.2 Å². The minimum absolute atomic E-state index is 0.111. The van der Waals surface area contributed by atoms with Crippen molar-refractivity contribution in [2.24, 2.45) is 5.92 Å². The zero-order valence-electron chi connectivity index (χ0n) is 22.7. The molecule has 0 bridgehead atoms. The summed E-state index contributed by atoms with van der Waals surface area (Å²) in [4.78, 5) is 23.0. The highest BCUT2D eigenvalue weighted by Gasteiger charge is 2.22. The molecule has 0 heterocycles. The molecule has 200 valence electrons. The Bertz CT molecular complexity index is 486. The van der Waals surface area contributed by atoms with E-state index in [1.54, 1.807) is 0 Å². The van der Waals surface area contributed by atoms with E-state index in [-0.39, 0.29) is 12.4 Å². The Labute approximate surface area is 211 Å². The standard InChI is InChI=1S/C30H56O4/c1-3-5-6-7-8-9-10-11-12-13-14-15-16-17-18-19-20-21-22-23-24-25-28(27-29(31)32)30(33)34-26-4-2/h5-6,28H,3-4,7-27H2,1-2H3,(H,31,32)/b6-5+. The van der Waals surface area contributed by atoms with E-state index in [1.807, 2.05) is 6.92 Å². The molecule has 1 atom stereocenters. The van der Waals surface area contributed by atoms with Crippen LogP contribution in [0.2, 0.25) is 0 Å². The fraction of sp³-hybridized carbons (Fsp3) is 0.867. The van der Waals surface area contributed by atoms with Gasteiger partial charge in [-0.05, 0) is 32.1 Å². The Morgan fingerprint density at radius 1 is 0.676 bits per heavy atom. The van der Waals surface area contributed by atoms with Crippen molar-refractivity contribution in [2.75, 3.05) is 6.61 Å². The van der Waals surface area contributed by atoms with E-state index >= 15 is 0 Å². The molecule has 0 aromatic heterocycles. The van der Waals surface area contributed by atoms with Gasteiger partial charge in [-0.1, -0.05) is 129 Å². The van der Waals surface area contributed by atoms with Crippen molar-refractivity contribution >= 4 is 11.9 Å². The number of aliphatic carboxylic acids is 1. The van der Waals surface area contributed by atoms with Gasteiger partial charge < -0.3 is 9.84 Å². The van der Waals surface area contributed by atoms with Crippen LogP contribution < -0.4 is 0 Å². The highest BCUT2D eigenvalue weighted by molar-refractivity contribution is 5.79. The summed E-state index contributed by atoms with van der Waals surface area (Å²) in [7, 11) is 0. The van der Waals surface area contributed by atoms with E-state index in [9.17, 15) is 9.59 Å². The van der Waals surface area contributed by atoms with Crippen molar-refractivity contribution in [3.05, 3.63) is 12.2 Å². The van der Waals surface area contributed by atoms with Crippen molar-refractivity contribution in [3.63, 3.8) is 0 Å². The lowest BCUT2D eigenvalue weighted by atomic mass is 9.97. The van der Waals surface area contributed by atoms with Crippen LogP contribution >= 0.6 is 0 Å². The van der Waals surface area contributed by atoms with Gasteiger partial charge in [-0.15, -0.1) is 0 Å². The van der Waals surface area contributed by atoms with Crippen LogP contribution in [0.4, 0.5) is 0 Å². The fourth-order valence-electron chi connectivity index (χ4n) is 4.42. The molecule has 0 amide bonds. The topological polar surface area (TPSA) is 63.6 Å². The number of carbonyl (C=O) groups is 2. The maximum atomic E-state index is 12.0. The third-order valence-electron chi connectivity index (χ3n) is 6.53. The normalized spacial score (nSPS) is 12.3. The van der Waals surface area contributed by atoms with Gasteiger partial charge in [0.25, 0.3) is 0 Å². The Morgan fingerprint density at radius 3 is 1.53 bits per heavy atom. The molecule has 1 unspecified atom stereocenters. The van der Waals surface area contributed by atoms with Crippen LogP contribution in [-0.4, -0.2) is 23.7 Å². The van der Waals surface area contributed by atoms with Gasteiger partial charge in [0.05, 0.1) is 18.9 Å². The van der Waals surface area contributed by atoms with Gasteiger partial charge >= 0.3 is 11.9 Å². The molecule has 0 aliphatic heterocycles. The maximum absolute atomic E-state index is 12.0. The molecule has 0 aromatic rings. The molecule has 0 saturated carbocycles. The molecule has 4 nitrogen and oxygen atoms in total. The second-order valence-electron chi connectivity index (χ2n) is 9.93. The Hall–Kier alpha value is -1.32. The number of allylic oxidation sites excluding steroid dienone is 2. The highest BCUT2D eigenvalue weighted by atomic mass is 16.5. The predicted octanol–water partition coefficient (Wildman–Crippen LogP) is 9.41. The van der Waals surface area contributed by atoms with Crippen LogP contribution in [0.5, 0.6) is 0 Å². The zero-order valence-corrected chi connectivity index (χ0v) is 22.7. The average Bonchev–Trinajstić information content (AvgIpc) is 2.82. The van der Waals surface area contributed by atoms with E-state index in [2.05, 4.69) is 19.1 Å². The summed E-state index contributed by atoms with van der Waals surface area (Å²) in [6.07, 6.45) is 30.7. The quantitative estimate of drug-likeness (QED) is 0.0760. The molecular weight excluding hydrogens is 424 g/mol. The van der Waals surface area contributed by atoms with Crippen LogP contribution in [0, 0.1) is 5.92 Å². The van der Waals surface area contributed by atoms with Crippen LogP contribution in [-0.2, 0) is 14.3 Å². The minimum atomic E-state index is -0.917. The lowest BCUT2D eigenvalue weighted by molar-refractivity contribution is -0.153. The molecule has 0 fully saturated rings. The monoisotopic (exact) mass is 480 g/mol. The van der Waals surface area contributed by atoms with E-state index in [0.29, 0.717) is 13.0 Å². The second kappa shape index (κ2) is 26.3. The number of ether oxygens (including phenoxy) is 1. The van der Waals surface area contributed by atoms with Crippen molar-refractivity contribution in [3.8, 4) is 0 Å². The summed E-state index contributed by atoms with van der Waals surface area (Å²) in [5.74, 6) is -1.74. The van der Waals surface area contributed by atoms with Gasteiger partial charge in [-0.3, -0.25) is 9.59 Å². The van der Waals surface area contributed by atoms with Gasteiger partial charge in [-0.25, -0.2) is 0 Å². The molecule has 0 saturated heterocycles. The number of unbranched alkanes of at least 4 members (excludes halogenated alkanes) is 17. The third kappa shape index (κ3) is 23.8. The third-order valence-corrected chi connectivity index (χ3v) is 6.53. The summed E-state index contributed by atoms with van der Waals surface area (Å²) in [5, 5.41) is 9.02. The molecule has 4 heteroatoms. The van der Waals surface area contributed by atoms with Gasteiger partial charge in [0.1, 0.15) is 0 Å². The number of carboxylic acid groups (broad SMARTS) is 1. The van der Waals surface area contributed by atoms with E-state index in [1.165, 1.54) is 109 Å². The van der Waals surface area contributed by atoms with Gasteiger partial charge in [0, 0.05) is 0 Å². The lowest BCUT2D eigenvalue weighted by Crippen LogP contribution is -2.21. The molecule has 0 spiro atoms. The summed E-state index contributed by atoms with van der Waals surface area (Å²) in [5.41, 5.74) is 0. The van der Waals surface area contributed by atoms with Gasteiger partial charge in [-0.2, -0.15) is 0 Å². The smallest absolute Gasteiger partial charge is 0.309 e. The molecule has 1 N–H and O–H groups in total. The largest absolute Gasteiger partial charge is 0.481 e. The van der Waals surface area contributed by atoms with E-state index in [4.69, 9.17) is 9.84 Å². The Kier molecular flexibility index (Phi) is 25.3. The number of rotatable bonds is 26. The SMILES string of the molecule is CC/C=C/CCCCCCCCCCCCCCCCCCCC(CC(=O)O)C(=O)OCCC. The Morgan fingerprint density at radius 2 is 1.12 bits per heavy atom. The van der Waals surface area contributed by atoms with Crippen LogP contribution in [0.25, 0.3) is 0 Å². The van der Waals surface area contributed by atoms with Gasteiger partial charge in [0.2, 0.25) is 0 Å². The lowest BCUT2D eigenvalue weighted by Gasteiger charge is -2.13. The zero-order chi connectivity index (χ0) is 25.1. The molecular formula is C30H56O4. The molecule has 0 radical (unpaired) electrons. The first-order valence-electron chi connectivity index (χ1n) is 14.6. The molecule has 0 aromatic carbocycles. The maximum Gasteiger partial charge on any atom is 0.309 e. The first-order valence-corrected chi connectivity index (χ1v) is 14.6. The number of esters is 1. The molecule has 34 heavy (non-hydrogen) atoms. The van der Waals surface area contributed by atoms with Crippen molar-refractivity contribution in [2.45, 2.75) is 155 Å². The molecule has 0 rings (SSSR count). The van der Waals surface area contributed by atoms with Gasteiger partial charge in [0.15, 0.2) is 0 Å². The highest BCUT2D eigenvalue weighted by Crippen LogP contribution is 2.18. The minimum Gasteiger partial charge on any atom is -0.481 e. The van der Waals surface area contributed by atoms with Crippen molar-refractivity contribution in [1.29, 1.82) is 0 Å².